The van der Waals surface area contributed by atoms with Crippen molar-refractivity contribution in [2.24, 2.45) is 5.73 Å². The number of ether oxygens (including phenoxy) is 1. The van der Waals surface area contributed by atoms with Crippen LogP contribution in [0.4, 0.5) is 5.69 Å². The summed E-state index contributed by atoms with van der Waals surface area (Å²) in [6.07, 6.45) is 0.604. The Hall–Kier alpha value is -1.10. The summed E-state index contributed by atoms with van der Waals surface area (Å²) in [5, 5.41) is 8.91. The maximum Gasteiger partial charge on any atom is 0.0642 e. The quantitative estimate of drug-likeness (QED) is 0.815. The van der Waals surface area contributed by atoms with Crippen molar-refractivity contribution in [3.63, 3.8) is 0 Å². The van der Waals surface area contributed by atoms with Crippen LogP contribution in [-0.2, 0) is 4.74 Å². The fraction of sp³-hybridized carbons (Fsp3) is 0.538. The van der Waals surface area contributed by atoms with Crippen LogP contribution in [0, 0.1) is 0 Å². The molecule has 94 valence electrons. The Labute approximate surface area is 102 Å². The van der Waals surface area contributed by atoms with Crippen LogP contribution in [0.1, 0.15) is 18.0 Å². The van der Waals surface area contributed by atoms with Crippen molar-refractivity contribution in [2.45, 2.75) is 12.5 Å². The monoisotopic (exact) mass is 236 g/mol. The van der Waals surface area contributed by atoms with Gasteiger partial charge in [-0.3, -0.25) is 0 Å². The highest BCUT2D eigenvalue weighted by molar-refractivity contribution is 5.49. The SMILES string of the molecule is NC(CCO)c1cccc(N2CCOCC2)c1. The first-order valence-electron chi connectivity index (χ1n) is 6.10. The number of morpholine rings is 1. The number of aliphatic hydroxyl groups excluding tert-OH is 1. The largest absolute Gasteiger partial charge is 0.396 e. The Morgan fingerprint density at radius 1 is 1.35 bits per heavy atom. The van der Waals surface area contributed by atoms with Gasteiger partial charge in [-0.25, -0.2) is 0 Å². The molecule has 1 aliphatic heterocycles. The van der Waals surface area contributed by atoms with E-state index in [1.54, 1.807) is 0 Å². The van der Waals surface area contributed by atoms with Gasteiger partial charge in [0.1, 0.15) is 0 Å². The maximum absolute atomic E-state index is 8.91. The van der Waals surface area contributed by atoms with E-state index in [1.807, 2.05) is 12.1 Å². The summed E-state index contributed by atoms with van der Waals surface area (Å²) < 4.78 is 5.34. The third-order valence-electron chi connectivity index (χ3n) is 3.11. The van der Waals surface area contributed by atoms with Gasteiger partial charge in [0, 0.05) is 31.4 Å². The molecule has 0 aromatic heterocycles. The fourth-order valence-electron chi connectivity index (χ4n) is 2.08. The zero-order chi connectivity index (χ0) is 12.1. The van der Waals surface area contributed by atoms with Gasteiger partial charge in [-0.1, -0.05) is 12.1 Å². The van der Waals surface area contributed by atoms with Crippen molar-refractivity contribution >= 4 is 5.69 Å². The minimum atomic E-state index is -0.0824. The van der Waals surface area contributed by atoms with Crippen LogP contribution in [0.25, 0.3) is 0 Å². The molecular formula is C13H20N2O2. The first-order chi connectivity index (χ1) is 8.31. The summed E-state index contributed by atoms with van der Waals surface area (Å²) in [6, 6.07) is 8.18. The molecule has 1 atom stereocenters. The molecule has 1 saturated heterocycles. The first-order valence-corrected chi connectivity index (χ1v) is 6.10. The zero-order valence-electron chi connectivity index (χ0n) is 10.0. The second kappa shape index (κ2) is 6.00. The van der Waals surface area contributed by atoms with Crippen molar-refractivity contribution in [1.82, 2.24) is 0 Å². The standard InChI is InChI=1S/C13H20N2O2/c14-13(4-7-16)11-2-1-3-12(10-11)15-5-8-17-9-6-15/h1-3,10,13,16H,4-9,14H2. The molecule has 1 heterocycles. The molecular weight excluding hydrogens is 216 g/mol. The zero-order valence-corrected chi connectivity index (χ0v) is 10.0. The second-order valence-electron chi connectivity index (χ2n) is 4.31. The lowest BCUT2D eigenvalue weighted by atomic mass is 10.0. The van der Waals surface area contributed by atoms with Crippen molar-refractivity contribution < 1.29 is 9.84 Å². The summed E-state index contributed by atoms with van der Waals surface area (Å²) in [5.41, 5.74) is 8.28. The van der Waals surface area contributed by atoms with E-state index in [2.05, 4.69) is 17.0 Å². The molecule has 0 radical (unpaired) electrons. The number of rotatable bonds is 4. The first kappa shape index (κ1) is 12.4. The van der Waals surface area contributed by atoms with E-state index < -0.39 is 0 Å². The van der Waals surface area contributed by atoms with Crippen LogP contribution in [0.5, 0.6) is 0 Å². The van der Waals surface area contributed by atoms with Gasteiger partial charge in [0.25, 0.3) is 0 Å². The van der Waals surface area contributed by atoms with Crippen molar-refractivity contribution in [1.29, 1.82) is 0 Å². The average molecular weight is 236 g/mol. The van der Waals surface area contributed by atoms with E-state index in [-0.39, 0.29) is 12.6 Å². The molecule has 1 aromatic carbocycles. The van der Waals surface area contributed by atoms with E-state index in [1.165, 1.54) is 5.69 Å². The van der Waals surface area contributed by atoms with E-state index >= 15 is 0 Å². The molecule has 2 rings (SSSR count). The highest BCUT2D eigenvalue weighted by Gasteiger charge is 2.12. The number of benzene rings is 1. The maximum atomic E-state index is 8.91. The molecule has 4 nitrogen and oxygen atoms in total. The lowest BCUT2D eigenvalue weighted by Gasteiger charge is -2.29. The van der Waals surface area contributed by atoms with Crippen molar-refractivity contribution in [3.8, 4) is 0 Å². The molecule has 0 spiro atoms. The molecule has 4 heteroatoms. The molecule has 0 bridgehead atoms. The number of hydrogen-bond acceptors (Lipinski definition) is 4. The minimum absolute atomic E-state index is 0.0824. The molecule has 3 N–H and O–H groups in total. The Balaban J connectivity index is 2.09. The van der Waals surface area contributed by atoms with E-state index in [0.717, 1.165) is 31.9 Å². The Bertz CT molecular complexity index is 351. The highest BCUT2D eigenvalue weighted by Crippen LogP contribution is 2.21. The summed E-state index contributed by atoms with van der Waals surface area (Å²) in [5.74, 6) is 0. The van der Waals surface area contributed by atoms with Crippen LogP contribution < -0.4 is 10.6 Å². The van der Waals surface area contributed by atoms with E-state index in [4.69, 9.17) is 15.6 Å². The smallest absolute Gasteiger partial charge is 0.0642 e. The Morgan fingerprint density at radius 2 is 2.12 bits per heavy atom. The van der Waals surface area contributed by atoms with Gasteiger partial charge < -0.3 is 20.5 Å². The number of hydrogen-bond donors (Lipinski definition) is 2. The average Bonchev–Trinajstić information content (AvgIpc) is 2.40. The van der Waals surface area contributed by atoms with Gasteiger partial charge in [0.2, 0.25) is 0 Å². The molecule has 1 aromatic rings. The summed E-state index contributed by atoms with van der Waals surface area (Å²) in [4.78, 5) is 2.30. The molecule has 1 aliphatic rings. The van der Waals surface area contributed by atoms with Crippen LogP contribution in [0.3, 0.4) is 0 Å². The van der Waals surface area contributed by atoms with E-state index in [9.17, 15) is 0 Å². The minimum Gasteiger partial charge on any atom is -0.396 e. The highest BCUT2D eigenvalue weighted by atomic mass is 16.5. The number of anilines is 1. The predicted octanol–water partition coefficient (Wildman–Crippen LogP) is 0.905. The van der Waals surface area contributed by atoms with Crippen molar-refractivity contribution in [3.05, 3.63) is 29.8 Å². The van der Waals surface area contributed by atoms with Crippen LogP contribution in [0.15, 0.2) is 24.3 Å². The Morgan fingerprint density at radius 3 is 2.82 bits per heavy atom. The molecule has 0 amide bonds. The van der Waals surface area contributed by atoms with Crippen molar-refractivity contribution in [2.75, 3.05) is 37.8 Å². The molecule has 0 saturated carbocycles. The van der Waals surface area contributed by atoms with Gasteiger partial charge in [-0.2, -0.15) is 0 Å². The third-order valence-corrected chi connectivity index (χ3v) is 3.11. The Kier molecular flexibility index (Phi) is 4.36. The van der Waals surface area contributed by atoms with Gasteiger partial charge in [-0.05, 0) is 24.1 Å². The number of nitrogens with zero attached hydrogens (tertiary/aromatic N) is 1. The molecule has 1 unspecified atom stereocenters. The lowest BCUT2D eigenvalue weighted by Crippen LogP contribution is -2.36. The normalized spacial score (nSPS) is 18.1. The summed E-state index contributed by atoms with van der Waals surface area (Å²) >= 11 is 0. The molecule has 0 aliphatic carbocycles. The number of aliphatic hydroxyl groups is 1. The van der Waals surface area contributed by atoms with Gasteiger partial charge in [-0.15, -0.1) is 0 Å². The van der Waals surface area contributed by atoms with Gasteiger partial charge in [0.15, 0.2) is 0 Å². The summed E-state index contributed by atoms with van der Waals surface area (Å²) in [6.45, 7) is 3.56. The third kappa shape index (κ3) is 3.19. The van der Waals surface area contributed by atoms with E-state index in [0.29, 0.717) is 6.42 Å². The van der Waals surface area contributed by atoms with Gasteiger partial charge >= 0.3 is 0 Å². The lowest BCUT2D eigenvalue weighted by molar-refractivity contribution is 0.122. The second-order valence-corrected chi connectivity index (χ2v) is 4.31. The molecule has 17 heavy (non-hydrogen) atoms. The van der Waals surface area contributed by atoms with Gasteiger partial charge in [0.05, 0.1) is 13.2 Å². The summed E-state index contributed by atoms with van der Waals surface area (Å²) in [7, 11) is 0. The number of nitrogens with two attached hydrogens (primary N) is 1. The van der Waals surface area contributed by atoms with Crippen LogP contribution in [-0.4, -0.2) is 38.0 Å². The molecule has 1 fully saturated rings. The predicted molar refractivity (Wildman–Crippen MR) is 68.1 cm³/mol. The van der Waals surface area contributed by atoms with Crippen LogP contribution in [0.2, 0.25) is 0 Å². The fourth-order valence-corrected chi connectivity index (χ4v) is 2.08. The topological polar surface area (TPSA) is 58.7 Å². The van der Waals surface area contributed by atoms with Crippen LogP contribution >= 0.6 is 0 Å².